The molecule has 2 bridgehead atoms. The van der Waals surface area contributed by atoms with Crippen molar-refractivity contribution in [2.75, 3.05) is 7.05 Å². The molecule has 3 saturated carbocycles. The molecule has 0 radical (unpaired) electrons. The molecule has 1 N–H and O–H groups in total. The molecular formula is C16H19Cl2N. The van der Waals surface area contributed by atoms with Crippen molar-refractivity contribution in [2.45, 2.75) is 25.3 Å². The zero-order valence-corrected chi connectivity index (χ0v) is 12.6. The minimum absolute atomic E-state index is 0.406. The van der Waals surface area contributed by atoms with Crippen LogP contribution in [0, 0.1) is 29.6 Å². The van der Waals surface area contributed by atoms with Crippen molar-refractivity contribution in [2.24, 2.45) is 29.6 Å². The summed E-state index contributed by atoms with van der Waals surface area (Å²) in [5.41, 5.74) is 1.23. The van der Waals surface area contributed by atoms with Gasteiger partial charge in [0.2, 0.25) is 0 Å². The van der Waals surface area contributed by atoms with Crippen LogP contribution >= 0.6 is 23.2 Å². The molecule has 5 unspecified atom stereocenters. The van der Waals surface area contributed by atoms with Crippen LogP contribution in [0.3, 0.4) is 0 Å². The topological polar surface area (TPSA) is 12.0 Å². The first-order valence-electron chi connectivity index (χ1n) is 7.33. The summed E-state index contributed by atoms with van der Waals surface area (Å²) in [6, 6.07) is 6.33. The molecule has 3 fully saturated rings. The summed E-state index contributed by atoms with van der Waals surface area (Å²) >= 11 is 12.4. The molecule has 102 valence electrons. The lowest BCUT2D eigenvalue weighted by atomic mass is 9.93. The Bertz CT molecular complexity index is 499. The maximum atomic E-state index is 6.40. The Morgan fingerprint density at radius 1 is 1.16 bits per heavy atom. The van der Waals surface area contributed by atoms with Gasteiger partial charge in [0.05, 0.1) is 0 Å². The van der Waals surface area contributed by atoms with Crippen LogP contribution in [0.2, 0.25) is 10.0 Å². The van der Waals surface area contributed by atoms with Gasteiger partial charge < -0.3 is 5.32 Å². The molecule has 4 rings (SSSR count). The van der Waals surface area contributed by atoms with E-state index in [-0.39, 0.29) is 0 Å². The second-order valence-electron chi connectivity index (χ2n) is 6.50. The van der Waals surface area contributed by atoms with Crippen molar-refractivity contribution >= 4 is 23.2 Å². The smallest absolute Gasteiger partial charge is 0.0468 e. The van der Waals surface area contributed by atoms with Gasteiger partial charge in [0.15, 0.2) is 0 Å². The average Bonchev–Trinajstić information content (AvgIpc) is 2.80. The summed E-state index contributed by atoms with van der Waals surface area (Å²) in [7, 11) is 2.06. The minimum atomic E-state index is 0.406. The van der Waals surface area contributed by atoms with Gasteiger partial charge in [-0.05, 0) is 73.6 Å². The van der Waals surface area contributed by atoms with Gasteiger partial charge >= 0.3 is 0 Å². The summed E-state index contributed by atoms with van der Waals surface area (Å²) in [4.78, 5) is 0. The standard InChI is InChI=1S/C16H19Cl2N/c1-19-16(11-5-4-10(17)7-12(11)18)15-13-8-2-3-9(6-8)14(13)15/h4-5,7-9,13-16,19H,2-3,6H2,1H3. The van der Waals surface area contributed by atoms with Crippen molar-refractivity contribution in [3.8, 4) is 0 Å². The van der Waals surface area contributed by atoms with Crippen LogP contribution < -0.4 is 5.32 Å². The Kier molecular flexibility index (Phi) is 2.88. The highest BCUT2D eigenvalue weighted by Crippen LogP contribution is 2.72. The van der Waals surface area contributed by atoms with E-state index >= 15 is 0 Å². The van der Waals surface area contributed by atoms with Crippen molar-refractivity contribution in [1.29, 1.82) is 0 Å². The number of rotatable bonds is 3. The lowest BCUT2D eigenvalue weighted by Gasteiger charge is -2.21. The van der Waals surface area contributed by atoms with Gasteiger partial charge in [0, 0.05) is 16.1 Å². The largest absolute Gasteiger partial charge is 0.313 e. The Hall–Kier alpha value is -0.240. The fourth-order valence-corrected chi connectivity index (χ4v) is 5.67. The molecule has 5 atom stereocenters. The van der Waals surface area contributed by atoms with Crippen LogP contribution in [0.5, 0.6) is 0 Å². The Balaban J connectivity index is 1.63. The fraction of sp³-hybridized carbons (Fsp3) is 0.625. The van der Waals surface area contributed by atoms with Crippen LogP contribution in [0.15, 0.2) is 18.2 Å². The quantitative estimate of drug-likeness (QED) is 0.863. The summed E-state index contributed by atoms with van der Waals surface area (Å²) in [6.45, 7) is 0. The van der Waals surface area contributed by atoms with E-state index in [0.29, 0.717) is 6.04 Å². The Morgan fingerprint density at radius 3 is 2.42 bits per heavy atom. The first kappa shape index (κ1) is 12.5. The predicted molar refractivity (Wildman–Crippen MR) is 79.6 cm³/mol. The third kappa shape index (κ3) is 1.78. The molecule has 0 heterocycles. The molecule has 1 aromatic rings. The van der Waals surface area contributed by atoms with Gasteiger partial charge in [-0.3, -0.25) is 0 Å². The van der Waals surface area contributed by atoms with Crippen LogP contribution in [-0.2, 0) is 0 Å². The number of fused-ring (bicyclic) bond motifs is 5. The molecule has 1 nitrogen and oxygen atoms in total. The van der Waals surface area contributed by atoms with Crippen LogP contribution in [-0.4, -0.2) is 7.05 Å². The normalized spacial score (nSPS) is 40.3. The summed E-state index contributed by atoms with van der Waals surface area (Å²) in [5, 5.41) is 5.04. The zero-order valence-electron chi connectivity index (χ0n) is 11.1. The highest BCUT2D eigenvalue weighted by Gasteiger charge is 2.66. The maximum absolute atomic E-state index is 6.40. The predicted octanol–water partition coefficient (Wildman–Crippen LogP) is 4.55. The van der Waals surface area contributed by atoms with E-state index in [4.69, 9.17) is 23.2 Å². The van der Waals surface area contributed by atoms with E-state index in [0.717, 1.165) is 39.6 Å². The minimum Gasteiger partial charge on any atom is -0.313 e. The van der Waals surface area contributed by atoms with Crippen molar-refractivity contribution in [3.63, 3.8) is 0 Å². The second-order valence-corrected chi connectivity index (χ2v) is 7.34. The zero-order chi connectivity index (χ0) is 13.1. The van der Waals surface area contributed by atoms with Crippen LogP contribution in [0.1, 0.15) is 30.9 Å². The third-order valence-electron chi connectivity index (χ3n) is 5.79. The molecule has 0 aromatic heterocycles. The molecule has 0 amide bonds. The van der Waals surface area contributed by atoms with E-state index in [1.54, 1.807) is 0 Å². The fourth-order valence-electron chi connectivity index (χ4n) is 5.15. The van der Waals surface area contributed by atoms with Crippen LogP contribution in [0.25, 0.3) is 0 Å². The van der Waals surface area contributed by atoms with E-state index < -0.39 is 0 Å². The second kappa shape index (κ2) is 4.38. The van der Waals surface area contributed by atoms with Crippen LogP contribution in [0.4, 0.5) is 0 Å². The van der Waals surface area contributed by atoms with E-state index in [1.807, 2.05) is 12.1 Å². The van der Waals surface area contributed by atoms with E-state index in [9.17, 15) is 0 Å². The summed E-state index contributed by atoms with van der Waals surface area (Å²) < 4.78 is 0. The van der Waals surface area contributed by atoms with Crippen molar-refractivity contribution in [3.05, 3.63) is 33.8 Å². The van der Waals surface area contributed by atoms with Crippen molar-refractivity contribution in [1.82, 2.24) is 5.32 Å². The van der Waals surface area contributed by atoms with Gasteiger partial charge in [0.25, 0.3) is 0 Å². The van der Waals surface area contributed by atoms with Crippen molar-refractivity contribution < 1.29 is 0 Å². The van der Waals surface area contributed by atoms with E-state index in [1.165, 1.54) is 24.8 Å². The molecule has 19 heavy (non-hydrogen) atoms. The number of nitrogens with one attached hydrogen (secondary N) is 1. The van der Waals surface area contributed by atoms with Gasteiger partial charge in [-0.25, -0.2) is 0 Å². The summed E-state index contributed by atoms with van der Waals surface area (Å²) in [6.07, 6.45) is 4.43. The molecule has 0 aliphatic heterocycles. The van der Waals surface area contributed by atoms with Gasteiger partial charge in [-0.2, -0.15) is 0 Å². The average molecular weight is 296 g/mol. The van der Waals surface area contributed by atoms with Gasteiger partial charge in [-0.15, -0.1) is 0 Å². The van der Waals surface area contributed by atoms with Gasteiger partial charge in [-0.1, -0.05) is 29.3 Å². The molecule has 1 aromatic carbocycles. The first-order chi connectivity index (χ1) is 9.20. The SMILES string of the molecule is CNC(c1ccc(Cl)cc1Cl)C1C2C3CCC(C3)C21. The number of benzene rings is 1. The van der Waals surface area contributed by atoms with E-state index in [2.05, 4.69) is 18.4 Å². The third-order valence-corrected chi connectivity index (χ3v) is 6.35. The monoisotopic (exact) mass is 295 g/mol. The van der Waals surface area contributed by atoms with Gasteiger partial charge in [0.1, 0.15) is 0 Å². The molecule has 0 saturated heterocycles. The lowest BCUT2D eigenvalue weighted by molar-refractivity contribution is 0.385. The number of halogens is 2. The number of hydrogen-bond acceptors (Lipinski definition) is 1. The first-order valence-corrected chi connectivity index (χ1v) is 8.08. The Labute approximate surface area is 124 Å². The highest BCUT2D eigenvalue weighted by atomic mass is 35.5. The molecule has 3 aliphatic rings. The molecule has 3 aliphatic carbocycles. The molecule has 0 spiro atoms. The summed E-state index contributed by atoms with van der Waals surface area (Å²) in [5.74, 6) is 4.73. The molecule has 3 heteroatoms. The molecular weight excluding hydrogens is 277 g/mol. The Morgan fingerprint density at radius 2 is 1.84 bits per heavy atom. The number of hydrogen-bond donors (Lipinski definition) is 1. The maximum Gasteiger partial charge on any atom is 0.0468 e. The highest BCUT2D eigenvalue weighted by molar-refractivity contribution is 6.35. The lowest BCUT2D eigenvalue weighted by Crippen LogP contribution is -2.22.